The molecule has 0 spiro atoms. The predicted octanol–water partition coefficient (Wildman–Crippen LogP) is 1.69. The summed E-state index contributed by atoms with van der Waals surface area (Å²) in [6.45, 7) is 2.57. The van der Waals surface area contributed by atoms with Gasteiger partial charge in [-0.3, -0.25) is 4.79 Å². The number of aliphatic hydroxyl groups is 2. The number of para-hydroxylation sites is 1. The van der Waals surface area contributed by atoms with Crippen LogP contribution in [-0.2, 0) is 9.53 Å². The van der Waals surface area contributed by atoms with Gasteiger partial charge in [0.2, 0.25) is 0 Å². The van der Waals surface area contributed by atoms with E-state index in [1.54, 1.807) is 31.2 Å². The highest BCUT2D eigenvalue weighted by molar-refractivity contribution is 5.66. The lowest BCUT2D eigenvalue weighted by molar-refractivity contribution is -0.155. The molecule has 0 bridgehead atoms. The van der Waals surface area contributed by atoms with E-state index < -0.39 is 17.7 Å². The van der Waals surface area contributed by atoms with Crippen molar-refractivity contribution in [3.05, 3.63) is 42.5 Å². The van der Waals surface area contributed by atoms with Gasteiger partial charge in [-0.1, -0.05) is 24.3 Å². The number of hydrogen-bond acceptors (Lipinski definition) is 5. The highest BCUT2D eigenvalue weighted by Crippen LogP contribution is 2.23. The maximum atomic E-state index is 11.0. The third-order valence-corrected chi connectivity index (χ3v) is 2.97. The zero-order valence-corrected chi connectivity index (χ0v) is 12.4. The molecule has 1 rings (SSSR count). The third-order valence-electron chi connectivity index (χ3n) is 2.97. The minimum Gasteiger partial charge on any atom is -0.483 e. The van der Waals surface area contributed by atoms with Gasteiger partial charge < -0.3 is 19.7 Å². The van der Waals surface area contributed by atoms with Crippen molar-refractivity contribution in [2.45, 2.75) is 32.0 Å². The van der Waals surface area contributed by atoms with E-state index in [0.29, 0.717) is 5.75 Å². The van der Waals surface area contributed by atoms with Gasteiger partial charge in [-0.15, -0.1) is 0 Å². The minimum atomic E-state index is -1.50. The Balaban J connectivity index is 2.93. The van der Waals surface area contributed by atoms with Gasteiger partial charge in [-0.25, -0.2) is 0 Å². The molecule has 116 valence electrons. The molecule has 0 aliphatic rings. The van der Waals surface area contributed by atoms with Gasteiger partial charge in [-0.2, -0.15) is 0 Å². The van der Waals surface area contributed by atoms with E-state index in [1.807, 2.05) is 18.2 Å². The topological polar surface area (TPSA) is 76.0 Å². The summed E-state index contributed by atoms with van der Waals surface area (Å²) in [4.78, 5) is 11.0. The maximum absolute atomic E-state index is 11.0. The Morgan fingerprint density at radius 2 is 2.05 bits per heavy atom. The number of allylic oxidation sites excluding steroid dienone is 1. The van der Waals surface area contributed by atoms with E-state index in [0.717, 1.165) is 0 Å². The minimum absolute atomic E-state index is 0.0299. The van der Waals surface area contributed by atoms with E-state index in [9.17, 15) is 15.0 Å². The van der Waals surface area contributed by atoms with Crippen molar-refractivity contribution in [3.8, 4) is 5.75 Å². The molecule has 0 aliphatic heterocycles. The summed E-state index contributed by atoms with van der Waals surface area (Å²) in [5, 5.41) is 19.9. The van der Waals surface area contributed by atoms with E-state index in [-0.39, 0.29) is 19.6 Å². The molecule has 0 unspecified atom stereocenters. The number of carbonyl (C=O) groups excluding carboxylic acids is 1. The molecule has 21 heavy (non-hydrogen) atoms. The van der Waals surface area contributed by atoms with Crippen molar-refractivity contribution >= 4 is 5.97 Å². The fourth-order valence-corrected chi connectivity index (χ4v) is 1.87. The van der Waals surface area contributed by atoms with E-state index in [2.05, 4.69) is 0 Å². The molecule has 0 aliphatic carbocycles. The molecule has 0 aromatic heterocycles. The van der Waals surface area contributed by atoms with Crippen LogP contribution in [0.1, 0.15) is 20.3 Å². The maximum Gasteiger partial charge on any atom is 0.302 e. The van der Waals surface area contributed by atoms with Crippen molar-refractivity contribution in [1.82, 2.24) is 0 Å². The summed E-state index contributed by atoms with van der Waals surface area (Å²) < 4.78 is 10.7. The first-order chi connectivity index (χ1) is 10.0. The Labute approximate surface area is 124 Å². The normalized spacial score (nSPS) is 15.4. The molecule has 1 aromatic carbocycles. The fraction of sp³-hybridized carbons (Fsp3) is 0.438. The van der Waals surface area contributed by atoms with Crippen molar-refractivity contribution in [2.24, 2.45) is 0 Å². The molecule has 5 nitrogen and oxygen atoms in total. The molecule has 5 heteroatoms. The van der Waals surface area contributed by atoms with Crippen LogP contribution in [-0.4, -0.2) is 41.1 Å². The van der Waals surface area contributed by atoms with Crippen molar-refractivity contribution in [2.75, 3.05) is 13.2 Å². The monoisotopic (exact) mass is 294 g/mol. The number of ether oxygens (including phenoxy) is 2. The van der Waals surface area contributed by atoms with Crippen LogP contribution in [0.25, 0.3) is 0 Å². The molecule has 2 atom stereocenters. The quantitative estimate of drug-likeness (QED) is 0.563. The highest BCUT2D eigenvalue weighted by atomic mass is 16.6. The number of rotatable bonds is 8. The van der Waals surface area contributed by atoms with Crippen LogP contribution in [0.2, 0.25) is 0 Å². The number of hydrogen-bond donors (Lipinski definition) is 2. The molecular weight excluding hydrogens is 272 g/mol. The molecule has 1 aromatic rings. The second-order valence-electron chi connectivity index (χ2n) is 4.73. The summed E-state index contributed by atoms with van der Waals surface area (Å²) >= 11 is 0. The van der Waals surface area contributed by atoms with Gasteiger partial charge in [0.05, 0.1) is 0 Å². The SMILES string of the molecule is C/C=C/[C@@H](Oc1ccccc1)[C@@](O)(CCO)COC(C)=O. The van der Waals surface area contributed by atoms with E-state index in [1.165, 1.54) is 6.92 Å². The third kappa shape index (κ3) is 5.57. The molecule has 0 saturated heterocycles. The smallest absolute Gasteiger partial charge is 0.302 e. The van der Waals surface area contributed by atoms with Gasteiger partial charge in [0.1, 0.15) is 24.1 Å². The Morgan fingerprint density at radius 1 is 1.38 bits per heavy atom. The Kier molecular flexibility index (Phi) is 6.91. The zero-order valence-electron chi connectivity index (χ0n) is 12.4. The van der Waals surface area contributed by atoms with Crippen LogP contribution in [0, 0.1) is 0 Å². The van der Waals surface area contributed by atoms with Gasteiger partial charge in [0.15, 0.2) is 0 Å². The summed E-state index contributed by atoms with van der Waals surface area (Å²) in [6, 6.07) is 9.03. The number of aliphatic hydroxyl groups excluding tert-OH is 1. The van der Waals surface area contributed by atoms with Crippen LogP contribution < -0.4 is 4.74 Å². The first-order valence-electron chi connectivity index (χ1n) is 6.83. The number of esters is 1. The standard InChI is InChI=1S/C16H22O5/c1-3-7-15(21-14-8-5-4-6-9-14)16(19,10-11-17)12-20-13(2)18/h3-9,15,17,19H,10-12H2,1-2H3/b7-3+/t15-,16-/m1/s1. The van der Waals surface area contributed by atoms with Gasteiger partial charge >= 0.3 is 5.97 Å². The van der Waals surface area contributed by atoms with Crippen molar-refractivity contribution < 1.29 is 24.5 Å². The van der Waals surface area contributed by atoms with E-state index in [4.69, 9.17) is 9.47 Å². The predicted molar refractivity (Wildman–Crippen MR) is 79.0 cm³/mol. The van der Waals surface area contributed by atoms with Crippen LogP contribution in [0.3, 0.4) is 0 Å². The lowest BCUT2D eigenvalue weighted by Gasteiger charge is -2.33. The molecule has 2 N–H and O–H groups in total. The zero-order chi connectivity index (χ0) is 15.7. The number of benzene rings is 1. The first-order valence-corrected chi connectivity index (χ1v) is 6.83. The molecular formula is C16H22O5. The Morgan fingerprint density at radius 3 is 2.57 bits per heavy atom. The lowest BCUT2D eigenvalue weighted by atomic mass is 9.93. The molecule has 0 saturated carbocycles. The Bertz CT molecular complexity index is 457. The van der Waals surface area contributed by atoms with Crippen LogP contribution in [0.15, 0.2) is 42.5 Å². The molecule has 0 heterocycles. The van der Waals surface area contributed by atoms with Gasteiger partial charge in [0.25, 0.3) is 0 Å². The van der Waals surface area contributed by atoms with Crippen LogP contribution in [0.5, 0.6) is 5.75 Å². The van der Waals surface area contributed by atoms with Crippen LogP contribution in [0.4, 0.5) is 0 Å². The largest absolute Gasteiger partial charge is 0.483 e. The lowest BCUT2D eigenvalue weighted by Crippen LogP contribution is -2.49. The molecule has 0 fully saturated rings. The highest BCUT2D eigenvalue weighted by Gasteiger charge is 2.38. The Hall–Kier alpha value is -1.85. The summed E-state index contributed by atoms with van der Waals surface area (Å²) in [5.41, 5.74) is -1.50. The van der Waals surface area contributed by atoms with Crippen molar-refractivity contribution in [3.63, 3.8) is 0 Å². The molecule has 0 amide bonds. The van der Waals surface area contributed by atoms with Gasteiger partial charge in [0, 0.05) is 20.0 Å². The average Bonchev–Trinajstić information content (AvgIpc) is 2.46. The summed E-state index contributed by atoms with van der Waals surface area (Å²) in [5.74, 6) is 0.0880. The van der Waals surface area contributed by atoms with Crippen molar-refractivity contribution in [1.29, 1.82) is 0 Å². The van der Waals surface area contributed by atoms with Crippen LogP contribution >= 0.6 is 0 Å². The number of carbonyl (C=O) groups is 1. The molecule has 0 radical (unpaired) electrons. The summed E-state index contributed by atoms with van der Waals surface area (Å²) in [6.07, 6.45) is 2.70. The average molecular weight is 294 g/mol. The fourth-order valence-electron chi connectivity index (χ4n) is 1.87. The second-order valence-corrected chi connectivity index (χ2v) is 4.73. The summed E-state index contributed by atoms with van der Waals surface area (Å²) in [7, 11) is 0. The van der Waals surface area contributed by atoms with Gasteiger partial charge in [-0.05, 0) is 25.1 Å². The first kappa shape index (κ1) is 17.2. The van der Waals surface area contributed by atoms with E-state index >= 15 is 0 Å². The second kappa shape index (κ2) is 8.44.